The third-order valence-electron chi connectivity index (χ3n) is 3.09. The van der Waals surface area contributed by atoms with Gasteiger partial charge < -0.3 is 5.73 Å². The molecule has 0 aliphatic carbocycles. The molecular formula is C15H14BrF2N. The fourth-order valence-electron chi connectivity index (χ4n) is 2.01. The summed E-state index contributed by atoms with van der Waals surface area (Å²) >= 11 is 3.37. The van der Waals surface area contributed by atoms with Gasteiger partial charge in [0.1, 0.15) is 11.6 Å². The molecule has 0 saturated heterocycles. The predicted molar refractivity (Wildman–Crippen MR) is 75.7 cm³/mol. The second kappa shape index (κ2) is 5.39. The molecule has 1 nitrogen and oxygen atoms in total. The lowest BCUT2D eigenvalue weighted by Gasteiger charge is -2.26. The molecule has 4 heteroatoms. The fourth-order valence-corrected chi connectivity index (χ4v) is 2.41. The third kappa shape index (κ3) is 3.19. The Hall–Kier alpha value is -1.26. The standard InChI is InChI=1S/C15H14BrF2N/c1-15(19,10-4-2-5-11(16)8-10)9-12-13(17)6-3-7-14(12)18/h2-8H,9,19H2,1H3. The Kier molecular flexibility index (Phi) is 4.02. The van der Waals surface area contributed by atoms with Crippen LogP contribution in [0.15, 0.2) is 46.9 Å². The molecule has 1 unspecified atom stereocenters. The molecular weight excluding hydrogens is 312 g/mol. The molecule has 0 bridgehead atoms. The SMILES string of the molecule is CC(N)(Cc1c(F)cccc1F)c1cccc(Br)c1. The predicted octanol–water partition coefficient (Wildman–Crippen LogP) is 4.14. The van der Waals surface area contributed by atoms with E-state index in [1.54, 1.807) is 6.92 Å². The van der Waals surface area contributed by atoms with Gasteiger partial charge in [-0.05, 0) is 36.8 Å². The van der Waals surface area contributed by atoms with Gasteiger partial charge in [-0.15, -0.1) is 0 Å². The van der Waals surface area contributed by atoms with Crippen LogP contribution in [-0.2, 0) is 12.0 Å². The van der Waals surface area contributed by atoms with Gasteiger partial charge >= 0.3 is 0 Å². The van der Waals surface area contributed by atoms with Crippen LogP contribution in [0, 0.1) is 11.6 Å². The summed E-state index contributed by atoms with van der Waals surface area (Å²) in [6, 6.07) is 11.3. The second-order valence-electron chi connectivity index (χ2n) is 4.80. The molecule has 0 heterocycles. The van der Waals surface area contributed by atoms with Crippen molar-refractivity contribution in [3.63, 3.8) is 0 Å². The van der Waals surface area contributed by atoms with Gasteiger partial charge in [-0.3, -0.25) is 0 Å². The van der Waals surface area contributed by atoms with Crippen molar-refractivity contribution in [1.29, 1.82) is 0 Å². The first-order chi connectivity index (χ1) is 8.90. The van der Waals surface area contributed by atoms with Gasteiger partial charge in [0.15, 0.2) is 0 Å². The van der Waals surface area contributed by atoms with E-state index in [2.05, 4.69) is 15.9 Å². The molecule has 2 rings (SSSR count). The number of halogens is 3. The molecule has 0 spiro atoms. The zero-order valence-corrected chi connectivity index (χ0v) is 12.0. The minimum Gasteiger partial charge on any atom is -0.321 e. The van der Waals surface area contributed by atoms with E-state index in [1.165, 1.54) is 18.2 Å². The van der Waals surface area contributed by atoms with E-state index in [9.17, 15) is 8.78 Å². The topological polar surface area (TPSA) is 26.0 Å². The van der Waals surface area contributed by atoms with Crippen LogP contribution in [-0.4, -0.2) is 0 Å². The number of hydrogen-bond acceptors (Lipinski definition) is 1. The zero-order chi connectivity index (χ0) is 14.0. The van der Waals surface area contributed by atoms with Crippen LogP contribution in [0.4, 0.5) is 8.78 Å². The van der Waals surface area contributed by atoms with E-state index in [0.29, 0.717) is 0 Å². The lowest BCUT2D eigenvalue weighted by atomic mass is 9.86. The Bertz CT molecular complexity index is 576. The number of nitrogens with two attached hydrogens (primary N) is 1. The minimum absolute atomic E-state index is 0.0208. The van der Waals surface area contributed by atoms with Crippen molar-refractivity contribution in [2.75, 3.05) is 0 Å². The number of rotatable bonds is 3. The summed E-state index contributed by atoms with van der Waals surface area (Å²) in [4.78, 5) is 0. The number of hydrogen-bond donors (Lipinski definition) is 1. The third-order valence-corrected chi connectivity index (χ3v) is 3.58. The minimum atomic E-state index is -0.840. The van der Waals surface area contributed by atoms with Gasteiger partial charge in [-0.2, -0.15) is 0 Å². The average Bonchev–Trinajstić information content (AvgIpc) is 2.34. The van der Waals surface area contributed by atoms with E-state index < -0.39 is 17.2 Å². The molecule has 0 radical (unpaired) electrons. The Morgan fingerprint density at radius 1 is 1.11 bits per heavy atom. The molecule has 19 heavy (non-hydrogen) atoms. The summed E-state index contributed by atoms with van der Waals surface area (Å²) in [6.45, 7) is 1.76. The van der Waals surface area contributed by atoms with Gasteiger partial charge in [0.2, 0.25) is 0 Å². The van der Waals surface area contributed by atoms with E-state index in [0.717, 1.165) is 10.0 Å². The Morgan fingerprint density at radius 2 is 1.68 bits per heavy atom. The van der Waals surface area contributed by atoms with Crippen LogP contribution in [0.2, 0.25) is 0 Å². The van der Waals surface area contributed by atoms with Crippen molar-refractivity contribution >= 4 is 15.9 Å². The summed E-state index contributed by atoms with van der Waals surface area (Å²) in [5.74, 6) is -1.13. The highest BCUT2D eigenvalue weighted by Gasteiger charge is 2.25. The highest BCUT2D eigenvalue weighted by Crippen LogP contribution is 2.27. The van der Waals surface area contributed by atoms with Crippen LogP contribution >= 0.6 is 15.9 Å². The molecule has 0 aromatic heterocycles. The molecule has 0 fully saturated rings. The van der Waals surface area contributed by atoms with E-state index >= 15 is 0 Å². The molecule has 0 amide bonds. The normalized spacial score (nSPS) is 14.2. The lowest BCUT2D eigenvalue weighted by Crippen LogP contribution is -2.36. The maximum Gasteiger partial charge on any atom is 0.129 e. The monoisotopic (exact) mass is 325 g/mol. The lowest BCUT2D eigenvalue weighted by molar-refractivity contribution is 0.455. The molecule has 2 N–H and O–H groups in total. The molecule has 0 aliphatic heterocycles. The quantitative estimate of drug-likeness (QED) is 0.901. The van der Waals surface area contributed by atoms with E-state index in [1.807, 2.05) is 24.3 Å². The maximum atomic E-state index is 13.7. The summed E-state index contributed by atoms with van der Waals surface area (Å²) in [5.41, 5.74) is 6.23. The fraction of sp³-hybridized carbons (Fsp3) is 0.200. The second-order valence-corrected chi connectivity index (χ2v) is 5.72. The summed E-state index contributed by atoms with van der Waals surface area (Å²) in [6.07, 6.45) is 0.0992. The van der Waals surface area contributed by atoms with Crippen molar-refractivity contribution in [2.24, 2.45) is 5.73 Å². The smallest absolute Gasteiger partial charge is 0.129 e. The van der Waals surface area contributed by atoms with Crippen LogP contribution in [0.5, 0.6) is 0 Å². The van der Waals surface area contributed by atoms with Crippen LogP contribution in [0.1, 0.15) is 18.1 Å². The van der Waals surface area contributed by atoms with Gasteiger partial charge in [0.05, 0.1) is 0 Å². The summed E-state index contributed by atoms with van der Waals surface area (Å²) < 4.78 is 28.2. The first kappa shape index (κ1) is 14.2. The van der Waals surface area contributed by atoms with Crippen LogP contribution in [0.25, 0.3) is 0 Å². The Balaban J connectivity index is 2.36. The van der Waals surface area contributed by atoms with Crippen molar-refractivity contribution in [2.45, 2.75) is 18.9 Å². The van der Waals surface area contributed by atoms with Crippen molar-refractivity contribution < 1.29 is 8.78 Å². The maximum absolute atomic E-state index is 13.7. The van der Waals surface area contributed by atoms with Crippen LogP contribution in [0.3, 0.4) is 0 Å². The number of benzene rings is 2. The molecule has 0 aliphatic rings. The van der Waals surface area contributed by atoms with E-state index in [-0.39, 0.29) is 12.0 Å². The Morgan fingerprint density at radius 3 is 2.26 bits per heavy atom. The first-order valence-electron chi connectivity index (χ1n) is 5.88. The van der Waals surface area contributed by atoms with Crippen molar-refractivity contribution in [3.05, 3.63) is 69.7 Å². The van der Waals surface area contributed by atoms with Gasteiger partial charge in [0, 0.05) is 22.0 Å². The Labute approximate surface area is 119 Å². The first-order valence-corrected chi connectivity index (χ1v) is 6.67. The highest BCUT2D eigenvalue weighted by molar-refractivity contribution is 9.10. The molecule has 0 saturated carbocycles. The molecule has 2 aromatic rings. The molecule has 1 atom stereocenters. The molecule has 2 aromatic carbocycles. The van der Waals surface area contributed by atoms with Crippen LogP contribution < -0.4 is 5.73 Å². The van der Waals surface area contributed by atoms with Gasteiger partial charge in [-0.1, -0.05) is 34.1 Å². The van der Waals surface area contributed by atoms with Gasteiger partial charge in [0.25, 0.3) is 0 Å². The molecule has 100 valence electrons. The largest absolute Gasteiger partial charge is 0.321 e. The zero-order valence-electron chi connectivity index (χ0n) is 10.5. The van der Waals surface area contributed by atoms with Crippen molar-refractivity contribution in [1.82, 2.24) is 0 Å². The highest BCUT2D eigenvalue weighted by atomic mass is 79.9. The van der Waals surface area contributed by atoms with E-state index in [4.69, 9.17) is 5.73 Å². The summed E-state index contributed by atoms with van der Waals surface area (Å²) in [7, 11) is 0. The average molecular weight is 326 g/mol. The summed E-state index contributed by atoms with van der Waals surface area (Å²) in [5, 5.41) is 0. The van der Waals surface area contributed by atoms with Crippen molar-refractivity contribution in [3.8, 4) is 0 Å². The van der Waals surface area contributed by atoms with Gasteiger partial charge in [-0.25, -0.2) is 8.78 Å².